The van der Waals surface area contributed by atoms with Crippen molar-refractivity contribution in [1.82, 2.24) is 4.90 Å². The average molecular weight is 277 g/mol. The number of hydrogen-bond donors (Lipinski definition) is 1. The summed E-state index contributed by atoms with van der Waals surface area (Å²) in [7, 11) is 0. The van der Waals surface area contributed by atoms with Crippen LogP contribution in [0.25, 0.3) is 0 Å². The number of ether oxygens (including phenoxy) is 1. The topological polar surface area (TPSA) is 49.8 Å². The molecule has 0 aliphatic carbocycles. The number of piperidine rings is 1. The van der Waals surface area contributed by atoms with Crippen molar-refractivity contribution in [2.24, 2.45) is 5.41 Å². The van der Waals surface area contributed by atoms with E-state index in [9.17, 15) is 4.79 Å². The van der Waals surface area contributed by atoms with Gasteiger partial charge in [0, 0.05) is 13.1 Å². The van der Waals surface area contributed by atoms with E-state index in [4.69, 9.17) is 9.84 Å². The Bertz CT molecular complexity index is 471. The molecule has 0 unspecified atom stereocenters. The molecule has 1 fully saturated rings. The molecule has 1 aliphatic heterocycles. The maximum absolute atomic E-state index is 11.1. The molecule has 0 saturated carbocycles. The zero-order valence-corrected chi connectivity index (χ0v) is 12.3. The lowest BCUT2D eigenvalue weighted by molar-refractivity contribution is 0.0689. The van der Waals surface area contributed by atoms with Crippen LogP contribution in [0.2, 0.25) is 0 Å². The van der Waals surface area contributed by atoms with Gasteiger partial charge in [-0.2, -0.15) is 0 Å². The predicted octanol–water partition coefficient (Wildman–Crippen LogP) is 2.89. The zero-order chi connectivity index (χ0) is 14.6. The van der Waals surface area contributed by atoms with Gasteiger partial charge in [0.25, 0.3) is 0 Å². The maximum atomic E-state index is 11.1. The predicted molar refractivity (Wildman–Crippen MR) is 78.4 cm³/mol. The van der Waals surface area contributed by atoms with Crippen molar-refractivity contribution in [2.75, 3.05) is 26.2 Å². The SMILES string of the molecule is CC1(C)CCCN(CCOc2ccccc2C(=O)O)C1. The third-order valence-corrected chi connectivity index (χ3v) is 3.76. The Hall–Kier alpha value is -1.55. The normalized spacial score (nSPS) is 18.7. The molecule has 20 heavy (non-hydrogen) atoms. The van der Waals surface area contributed by atoms with E-state index in [1.165, 1.54) is 12.8 Å². The molecule has 110 valence electrons. The van der Waals surface area contributed by atoms with E-state index >= 15 is 0 Å². The minimum Gasteiger partial charge on any atom is -0.491 e. The van der Waals surface area contributed by atoms with Gasteiger partial charge in [-0.25, -0.2) is 4.79 Å². The summed E-state index contributed by atoms with van der Waals surface area (Å²) in [6.45, 7) is 8.14. The molecule has 1 aliphatic rings. The number of para-hydroxylation sites is 1. The van der Waals surface area contributed by atoms with Gasteiger partial charge in [-0.3, -0.25) is 4.90 Å². The first-order valence-electron chi connectivity index (χ1n) is 7.15. The van der Waals surface area contributed by atoms with Gasteiger partial charge in [0.05, 0.1) is 0 Å². The van der Waals surface area contributed by atoms with Gasteiger partial charge in [-0.1, -0.05) is 26.0 Å². The first kappa shape index (κ1) is 14.9. The van der Waals surface area contributed by atoms with E-state index in [1.54, 1.807) is 24.3 Å². The van der Waals surface area contributed by atoms with Crippen LogP contribution in [0.3, 0.4) is 0 Å². The lowest BCUT2D eigenvalue weighted by Gasteiger charge is -2.37. The van der Waals surface area contributed by atoms with Gasteiger partial charge in [0.1, 0.15) is 17.9 Å². The van der Waals surface area contributed by atoms with Gasteiger partial charge in [0.15, 0.2) is 0 Å². The van der Waals surface area contributed by atoms with Crippen LogP contribution in [0.1, 0.15) is 37.0 Å². The summed E-state index contributed by atoms with van der Waals surface area (Å²) in [4.78, 5) is 13.5. The molecule has 0 amide bonds. The molecule has 4 heteroatoms. The zero-order valence-electron chi connectivity index (χ0n) is 12.3. The van der Waals surface area contributed by atoms with Crippen LogP contribution in [0, 0.1) is 5.41 Å². The number of carboxylic acids is 1. The number of rotatable bonds is 5. The van der Waals surface area contributed by atoms with Crippen LogP contribution in [-0.2, 0) is 0 Å². The van der Waals surface area contributed by atoms with Crippen LogP contribution in [0.5, 0.6) is 5.75 Å². The summed E-state index contributed by atoms with van der Waals surface area (Å²) in [6.07, 6.45) is 2.49. The summed E-state index contributed by atoms with van der Waals surface area (Å²) >= 11 is 0. The quantitative estimate of drug-likeness (QED) is 0.899. The van der Waals surface area contributed by atoms with Gasteiger partial charge in [0.2, 0.25) is 0 Å². The maximum Gasteiger partial charge on any atom is 0.339 e. The minimum atomic E-state index is -0.945. The molecule has 0 bridgehead atoms. The Morgan fingerprint density at radius 1 is 1.40 bits per heavy atom. The summed E-state index contributed by atoms with van der Waals surface area (Å²) in [5.41, 5.74) is 0.600. The van der Waals surface area contributed by atoms with Crippen molar-refractivity contribution < 1.29 is 14.6 Å². The Morgan fingerprint density at radius 2 is 2.15 bits per heavy atom. The molecular weight excluding hydrogens is 254 g/mol. The van der Waals surface area contributed by atoms with Gasteiger partial charge >= 0.3 is 5.97 Å². The fraction of sp³-hybridized carbons (Fsp3) is 0.562. The van der Waals surface area contributed by atoms with Crippen molar-refractivity contribution in [3.05, 3.63) is 29.8 Å². The second-order valence-electron chi connectivity index (χ2n) is 6.19. The van der Waals surface area contributed by atoms with Crippen molar-refractivity contribution in [1.29, 1.82) is 0 Å². The van der Waals surface area contributed by atoms with E-state index in [-0.39, 0.29) is 5.56 Å². The minimum absolute atomic E-state index is 0.228. The van der Waals surface area contributed by atoms with E-state index in [0.717, 1.165) is 19.6 Å². The first-order valence-corrected chi connectivity index (χ1v) is 7.15. The number of aromatic carboxylic acids is 1. The standard InChI is InChI=1S/C16H23NO3/c1-16(2)8-5-9-17(12-16)10-11-20-14-7-4-3-6-13(14)15(18)19/h3-4,6-7H,5,8-12H2,1-2H3,(H,18,19). The average Bonchev–Trinajstić information content (AvgIpc) is 2.38. The summed E-state index contributed by atoms with van der Waals surface area (Å²) in [6, 6.07) is 6.79. The summed E-state index contributed by atoms with van der Waals surface area (Å²) in [5, 5.41) is 9.09. The second kappa shape index (κ2) is 6.27. The summed E-state index contributed by atoms with van der Waals surface area (Å²) < 4.78 is 5.65. The molecule has 0 aromatic heterocycles. The highest BCUT2D eigenvalue weighted by Gasteiger charge is 2.25. The molecule has 0 spiro atoms. The molecule has 1 heterocycles. The molecular formula is C16H23NO3. The van der Waals surface area contributed by atoms with Crippen molar-refractivity contribution in [2.45, 2.75) is 26.7 Å². The molecule has 1 N–H and O–H groups in total. The van der Waals surface area contributed by atoms with Crippen LogP contribution < -0.4 is 4.74 Å². The highest BCUT2D eigenvalue weighted by molar-refractivity contribution is 5.90. The molecule has 0 radical (unpaired) electrons. The summed E-state index contributed by atoms with van der Waals surface area (Å²) in [5.74, 6) is -0.490. The highest BCUT2D eigenvalue weighted by Crippen LogP contribution is 2.28. The van der Waals surface area contributed by atoms with Gasteiger partial charge in [-0.15, -0.1) is 0 Å². The second-order valence-corrected chi connectivity index (χ2v) is 6.19. The molecule has 2 rings (SSSR count). The lowest BCUT2D eigenvalue weighted by Crippen LogP contribution is -2.41. The number of benzene rings is 1. The van der Waals surface area contributed by atoms with E-state index < -0.39 is 5.97 Å². The third-order valence-electron chi connectivity index (χ3n) is 3.76. The number of nitrogens with zero attached hydrogens (tertiary/aromatic N) is 1. The van der Waals surface area contributed by atoms with Crippen molar-refractivity contribution in [3.8, 4) is 5.75 Å². The van der Waals surface area contributed by atoms with Crippen LogP contribution in [0.4, 0.5) is 0 Å². The fourth-order valence-electron chi connectivity index (χ4n) is 2.79. The monoisotopic (exact) mass is 277 g/mol. The number of carboxylic acid groups (broad SMARTS) is 1. The first-order chi connectivity index (χ1) is 9.48. The van der Waals surface area contributed by atoms with Gasteiger partial charge < -0.3 is 9.84 Å². The number of carbonyl (C=O) groups is 1. The molecule has 0 atom stereocenters. The highest BCUT2D eigenvalue weighted by atomic mass is 16.5. The number of hydrogen-bond acceptors (Lipinski definition) is 3. The number of likely N-dealkylation sites (tertiary alicyclic amines) is 1. The Labute approximate surface area is 120 Å². The fourth-order valence-corrected chi connectivity index (χ4v) is 2.79. The molecule has 4 nitrogen and oxygen atoms in total. The van der Waals surface area contributed by atoms with Crippen molar-refractivity contribution >= 4 is 5.97 Å². The Morgan fingerprint density at radius 3 is 2.85 bits per heavy atom. The van der Waals surface area contributed by atoms with Crippen LogP contribution >= 0.6 is 0 Å². The molecule has 1 aromatic rings. The van der Waals surface area contributed by atoms with E-state index in [1.807, 2.05) is 0 Å². The van der Waals surface area contributed by atoms with E-state index in [0.29, 0.717) is 17.8 Å². The lowest BCUT2D eigenvalue weighted by atomic mass is 9.84. The Balaban J connectivity index is 1.86. The van der Waals surface area contributed by atoms with Crippen LogP contribution in [0.15, 0.2) is 24.3 Å². The smallest absolute Gasteiger partial charge is 0.339 e. The van der Waals surface area contributed by atoms with E-state index in [2.05, 4.69) is 18.7 Å². The van der Waals surface area contributed by atoms with Gasteiger partial charge in [-0.05, 0) is 36.9 Å². The molecule has 1 saturated heterocycles. The van der Waals surface area contributed by atoms with Crippen LogP contribution in [-0.4, -0.2) is 42.2 Å². The third kappa shape index (κ3) is 3.97. The largest absolute Gasteiger partial charge is 0.491 e. The molecule has 1 aromatic carbocycles. The van der Waals surface area contributed by atoms with Crippen molar-refractivity contribution in [3.63, 3.8) is 0 Å². The Kier molecular flexibility index (Phi) is 4.65.